The maximum atomic E-state index is 12.7. The van der Waals surface area contributed by atoms with Crippen LogP contribution in [0.25, 0.3) is 11.4 Å². The van der Waals surface area contributed by atoms with E-state index in [1.165, 1.54) is 0 Å². The summed E-state index contributed by atoms with van der Waals surface area (Å²) in [6, 6.07) is 13.3. The number of hydrogen-bond donors (Lipinski definition) is 1. The Bertz CT molecular complexity index is 1040. The third-order valence-corrected chi connectivity index (χ3v) is 6.18. The molecule has 1 fully saturated rings. The topological polar surface area (TPSA) is 71.3 Å². The van der Waals surface area contributed by atoms with Crippen molar-refractivity contribution in [3.8, 4) is 11.4 Å². The predicted molar refractivity (Wildman–Crippen MR) is 120 cm³/mol. The quantitative estimate of drug-likeness (QED) is 0.526. The number of carbonyl (C=O) groups excluding carboxylic acids is 1. The molecule has 3 aromatic rings. The minimum absolute atomic E-state index is 0.0145. The van der Waals surface area contributed by atoms with Crippen molar-refractivity contribution >= 4 is 39.1 Å². The Morgan fingerprint density at radius 2 is 2.10 bits per heavy atom. The normalized spacial score (nSPS) is 17.1. The molecule has 0 saturated carbocycles. The summed E-state index contributed by atoms with van der Waals surface area (Å²) in [6.45, 7) is 4.02. The maximum absolute atomic E-state index is 12.7. The summed E-state index contributed by atoms with van der Waals surface area (Å²) in [5.74, 6) is 1.05. The van der Waals surface area contributed by atoms with Gasteiger partial charge in [-0.1, -0.05) is 38.8 Å². The highest BCUT2D eigenvalue weighted by Gasteiger charge is 2.27. The molecule has 4 rings (SSSR count). The molecular weight excluding hydrogens is 468 g/mol. The van der Waals surface area contributed by atoms with Gasteiger partial charge in [0.05, 0.1) is 12.5 Å². The fraction of sp³-hybridized carbons (Fsp3) is 0.318. The molecule has 1 amide bonds. The van der Waals surface area contributed by atoms with E-state index < -0.39 is 0 Å². The molecule has 1 aliphatic rings. The number of rotatable bonds is 5. The molecule has 1 aliphatic heterocycles. The molecule has 1 atom stereocenters. The summed E-state index contributed by atoms with van der Waals surface area (Å²) in [7, 11) is 0. The summed E-state index contributed by atoms with van der Waals surface area (Å²) >= 11 is 9.59. The van der Waals surface area contributed by atoms with Gasteiger partial charge in [0.1, 0.15) is 0 Å². The summed E-state index contributed by atoms with van der Waals surface area (Å²) < 4.78 is 6.44. The lowest BCUT2D eigenvalue weighted by Crippen LogP contribution is -2.40. The van der Waals surface area contributed by atoms with Crippen LogP contribution < -0.4 is 5.32 Å². The minimum atomic E-state index is -0.0901. The van der Waals surface area contributed by atoms with Gasteiger partial charge in [-0.15, -0.1) is 0 Å². The van der Waals surface area contributed by atoms with Gasteiger partial charge in [0.25, 0.3) is 0 Å². The second kappa shape index (κ2) is 9.29. The Balaban J connectivity index is 1.36. The van der Waals surface area contributed by atoms with Crippen LogP contribution in [0.5, 0.6) is 0 Å². The molecule has 2 heterocycles. The van der Waals surface area contributed by atoms with E-state index in [1.54, 1.807) is 6.07 Å². The smallest absolute Gasteiger partial charge is 0.241 e. The monoisotopic (exact) mass is 488 g/mol. The molecule has 30 heavy (non-hydrogen) atoms. The SMILES string of the molecule is Cc1ccc(NC(=O)C2CCCN(Cc3nc(-c4ccc(Br)cc4)no3)C2)cc1Cl. The van der Waals surface area contributed by atoms with Crippen molar-refractivity contribution in [2.45, 2.75) is 26.3 Å². The Hall–Kier alpha value is -2.22. The Labute approximate surface area is 188 Å². The molecule has 0 bridgehead atoms. The largest absolute Gasteiger partial charge is 0.338 e. The standard InChI is InChI=1S/C22H22BrClN4O2/c1-14-4-9-18(11-19(14)24)25-22(29)16-3-2-10-28(12-16)13-20-26-21(27-30-20)15-5-7-17(23)8-6-15/h4-9,11,16H,2-3,10,12-13H2,1H3,(H,25,29). The van der Waals surface area contributed by atoms with E-state index in [1.807, 2.05) is 43.3 Å². The lowest BCUT2D eigenvalue weighted by molar-refractivity contribution is -0.121. The van der Waals surface area contributed by atoms with E-state index in [0.29, 0.717) is 29.8 Å². The van der Waals surface area contributed by atoms with Crippen molar-refractivity contribution in [2.24, 2.45) is 5.92 Å². The zero-order chi connectivity index (χ0) is 21.1. The first kappa shape index (κ1) is 21.0. The number of nitrogens with one attached hydrogen (secondary N) is 1. The van der Waals surface area contributed by atoms with Gasteiger partial charge in [-0.3, -0.25) is 9.69 Å². The van der Waals surface area contributed by atoms with Gasteiger partial charge in [0.15, 0.2) is 0 Å². The Morgan fingerprint density at radius 1 is 1.30 bits per heavy atom. The molecule has 1 N–H and O–H groups in total. The highest BCUT2D eigenvalue weighted by atomic mass is 79.9. The third-order valence-electron chi connectivity index (χ3n) is 5.25. The van der Waals surface area contributed by atoms with Crippen LogP contribution in [-0.4, -0.2) is 34.0 Å². The maximum Gasteiger partial charge on any atom is 0.241 e. The van der Waals surface area contributed by atoms with Crippen LogP contribution in [0, 0.1) is 12.8 Å². The van der Waals surface area contributed by atoms with E-state index in [2.05, 4.69) is 36.3 Å². The van der Waals surface area contributed by atoms with Crippen molar-refractivity contribution in [2.75, 3.05) is 18.4 Å². The Morgan fingerprint density at radius 3 is 2.87 bits per heavy atom. The van der Waals surface area contributed by atoms with Crippen LogP contribution in [0.4, 0.5) is 5.69 Å². The number of aromatic nitrogens is 2. The molecule has 1 aromatic heterocycles. The van der Waals surface area contributed by atoms with E-state index in [9.17, 15) is 4.79 Å². The molecule has 8 heteroatoms. The molecule has 0 aliphatic carbocycles. The lowest BCUT2D eigenvalue weighted by atomic mass is 9.97. The number of piperidine rings is 1. The number of anilines is 1. The van der Waals surface area contributed by atoms with Crippen LogP contribution in [0.2, 0.25) is 5.02 Å². The first-order chi connectivity index (χ1) is 14.5. The van der Waals surface area contributed by atoms with Crippen molar-refractivity contribution in [3.63, 3.8) is 0 Å². The van der Waals surface area contributed by atoms with E-state index in [0.717, 1.165) is 40.7 Å². The molecule has 2 aromatic carbocycles. The summed E-state index contributed by atoms with van der Waals surface area (Å²) in [6.07, 6.45) is 1.80. The number of hydrogen-bond acceptors (Lipinski definition) is 5. The minimum Gasteiger partial charge on any atom is -0.338 e. The van der Waals surface area contributed by atoms with E-state index >= 15 is 0 Å². The molecule has 0 radical (unpaired) electrons. The van der Waals surface area contributed by atoms with Crippen molar-refractivity contribution in [1.29, 1.82) is 0 Å². The molecule has 1 unspecified atom stereocenters. The number of aryl methyl sites for hydroxylation is 1. The first-order valence-corrected chi connectivity index (χ1v) is 11.0. The molecule has 6 nitrogen and oxygen atoms in total. The predicted octanol–water partition coefficient (Wildman–Crippen LogP) is 5.31. The van der Waals surface area contributed by atoms with Gasteiger partial charge in [0, 0.05) is 27.3 Å². The molecule has 156 valence electrons. The summed E-state index contributed by atoms with van der Waals surface area (Å²) in [5.41, 5.74) is 2.62. The van der Waals surface area contributed by atoms with Gasteiger partial charge in [-0.05, 0) is 68.3 Å². The second-order valence-corrected chi connectivity index (χ2v) is 8.87. The number of benzene rings is 2. The van der Waals surface area contributed by atoms with Crippen LogP contribution in [0.3, 0.4) is 0 Å². The number of nitrogens with zero attached hydrogens (tertiary/aromatic N) is 3. The fourth-order valence-corrected chi connectivity index (χ4v) is 4.00. The molecular formula is C22H22BrClN4O2. The third kappa shape index (κ3) is 5.09. The average Bonchev–Trinajstić information content (AvgIpc) is 3.20. The van der Waals surface area contributed by atoms with Gasteiger partial charge in [-0.2, -0.15) is 4.98 Å². The number of amides is 1. The van der Waals surface area contributed by atoms with Crippen molar-refractivity contribution in [1.82, 2.24) is 15.0 Å². The van der Waals surface area contributed by atoms with Gasteiger partial charge < -0.3 is 9.84 Å². The first-order valence-electron chi connectivity index (χ1n) is 9.86. The van der Waals surface area contributed by atoms with Crippen LogP contribution in [0.15, 0.2) is 51.5 Å². The van der Waals surface area contributed by atoms with Gasteiger partial charge >= 0.3 is 0 Å². The fourth-order valence-electron chi connectivity index (χ4n) is 3.55. The van der Waals surface area contributed by atoms with E-state index in [4.69, 9.17) is 16.1 Å². The number of likely N-dealkylation sites (tertiary alicyclic amines) is 1. The number of halogens is 2. The zero-order valence-electron chi connectivity index (χ0n) is 16.6. The van der Waals surface area contributed by atoms with E-state index in [-0.39, 0.29) is 11.8 Å². The molecule has 0 spiro atoms. The van der Waals surface area contributed by atoms with Crippen LogP contribution in [0.1, 0.15) is 24.3 Å². The Kier molecular flexibility index (Phi) is 6.51. The van der Waals surface area contributed by atoms with Gasteiger partial charge in [0.2, 0.25) is 17.6 Å². The second-order valence-electron chi connectivity index (χ2n) is 7.55. The van der Waals surface area contributed by atoms with Crippen LogP contribution >= 0.6 is 27.5 Å². The van der Waals surface area contributed by atoms with Crippen LogP contribution in [-0.2, 0) is 11.3 Å². The van der Waals surface area contributed by atoms with Gasteiger partial charge in [-0.25, -0.2) is 0 Å². The number of carbonyl (C=O) groups is 1. The van der Waals surface area contributed by atoms with Crippen molar-refractivity contribution in [3.05, 3.63) is 63.4 Å². The zero-order valence-corrected chi connectivity index (χ0v) is 18.9. The lowest BCUT2D eigenvalue weighted by Gasteiger charge is -2.30. The summed E-state index contributed by atoms with van der Waals surface area (Å²) in [5, 5.41) is 7.73. The highest BCUT2D eigenvalue weighted by molar-refractivity contribution is 9.10. The molecule has 1 saturated heterocycles. The highest BCUT2D eigenvalue weighted by Crippen LogP contribution is 2.24. The van der Waals surface area contributed by atoms with Crippen molar-refractivity contribution < 1.29 is 9.32 Å². The summed E-state index contributed by atoms with van der Waals surface area (Å²) in [4.78, 5) is 19.4. The average molecular weight is 490 g/mol.